The van der Waals surface area contributed by atoms with Gasteiger partial charge in [-0.15, -0.1) is 0 Å². The van der Waals surface area contributed by atoms with Crippen molar-refractivity contribution >= 4 is 5.97 Å². The number of carbonyl (C=O) groups is 1. The second-order valence-electron chi connectivity index (χ2n) is 7.07. The lowest BCUT2D eigenvalue weighted by molar-refractivity contribution is -0.134. The van der Waals surface area contributed by atoms with Crippen LogP contribution in [-0.4, -0.2) is 34.0 Å². The van der Waals surface area contributed by atoms with Gasteiger partial charge in [0.25, 0.3) is 0 Å². The minimum Gasteiger partial charge on any atom is -0.478 e. The highest BCUT2D eigenvalue weighted by Gasteiger charge is 2.68. The molecule has 0 saturated heterocycles. The van der Waals surface area contributed by atoms with E-state index in [4.69, 9.17) is 0 Å². The number of aliphatic hydroxyl groups excluding tert-OH is 2. The summed E-state index contributed by atoms with van der Waals surface area (Å²) in [5.74, 6) is -0.520. The molecule has 0 aromatic rings. The Morgan fingerprint density at radius 1 is 1.42 bits per heavy atom. The maximum Gasteiger partial charge on any atom is 0.331 e. The number of aliphatic hydroxyl groups is 2. The zero-order valence-electron chi connectivity index (χ0n) is 11.5. The van der Waals surface area contributed by atoms with E-state index in [0.29, 0.717) is 17.9 Å². The summed E-state index contributed by atoms with van der Waals surface area (Å²) in [6.45, 7) is 4.34. The van der Waals surface area contributed by atoms with Gasteiger partial charge in [-0.3, -0.25) is 0 Å². The van der Waals surface area contributed by atoms with Crippen LogP contribution >= 0.6 is 0 Å². The number of fused-ring (bicyclic) bond motifs is 1. The molecule has 19 heavy (non-hydrogen) atoms. The van der Waals surface area contributed by atoms with Gasteiger partial charge in [0, 0.05) is 17.6 Å². The highest BCUT2D eigenvalue weighted by molar-refractivity contribution is 5.88. The Balaban J connectivity index is 2.13. The molecule has 3 N–H and O–H groups in total. The van der Waals surface area contributed by atoms with Crippen LogP contribution in [0.3, 0.4) is 0 Å². The lowest BCUT2D eigenvalue weighted by atomic mass is 9.66. The Morgan fingerprint density at radius 2 is 2.11 bits per heavy atom. The van der Waals surface area contributed by atoms with E-state index < -0.39 is 12.1 Å². The second kappa shape index (κ2) is 3.83. The molecule has 0 aromatic heterocycles. The van der Waals surface area contributed by atoms with Crippen molar-refractivity contribution < 1.29 is 20.1 Å². The fourth-order valence-electron chi connectivity index (χ4n) is 5.42. The average Bonchev–Trinajstić information content (AvgIpc) is 2.79. The predicted molar refractivity (Wildman–Crippen MR) is 69.3 cm³/mol. The van der Waals surface area contributed by atoms with E-state index in [1.165, 1.54) is 0 Å². The number of carboxylic acids is 1. The Morgan fingerprint density at radius 3 is 2.68 bits per heavy atom. The average molecular weight is 266 g/mol. The molecule has 0 unspecified atom stereocenters. The van der Waals surface area contributed by atoms with Crippen LogP contribution in [0.15, 0.2) is 11.6 Å². The molecule has 4 heteroatoms. The third-order valence-corrected chi connectivity index (χ3v) is 6.30. The molecule has 0 radical (unpaired) electrons. The van der Waals surface area contributed by atoms with Gasteiger partial charge in [0.05, 0.1) is 6.10 Å². The Labute approximate surface area is 113 Å². The summed E-state index contributed by atoms with van der Waals surface area (Å²) in [4.78, 5) is 11.4. The van der Waals surface area contributed by atoms with Crippen molar-refractivity contribution in [1.29, 1.82) is 0 Å². The molecule has 5 atom stereocenters. The van der Waals surface area contributed by atoms with Crippen molar-refractivity contribution in [2.24, 2.45) is 28.6 Å². The number of hydrogen-bond acceptors (Lipinski definition) is 3. The van der Waals surface area contributed by atoms with Crippen LogP contribution in [0, 0.1) is 28.6 Å². The van der Waals surface area contributed by atoms with E-state index in [-0.39, 0.29) is 29.3 Å². The van der Waals surface area contributed by atoms with Crippen LogP contribution in [0.25, 0.3) is 0 Å². The molecule has 0 aromatic carbocycles. The molecular weight excluding hydrogens is 244 g/mol. The maximum absolute atomic E-state index is 11.4. The Hall–Kier alpha value is -0.870. The van der Waals surface area contributed by atoms with Crippen LogP contribution in [0.5, 0.6) is 0 Å². The topological polar surface area (TPSA) is 77.8 Å². The summed E-state index contributed by atoms with van der Waals surface area (Å²) in [5.41, 5.74) is -0.0535. The minimum absolute atomic E-state index is 0.00671. The van der Waals surface area contributed by atoms with Gasteiger partial charge in [-0.25, -0.2) is 4.79 Å². The Bertz CT molecular complexity index is 453. The van der Waals surface area contributed by atoms with Crippen molar-refractivity contribution in [3.05, 3.63) is 11.6 Å². The molecule has 3 rings (SSSR count). The Kier molecular flexibility index (Phi) is 2.64. The van der Waals surface area contributed by atoms with Gasteiger partial charge in [0.1, 0.15) is 0 Å². The summed E-state index contributed by atoms with van der Waals surface area (Å²) < 4.78 is 0. The lowest BCUT2D eigenvalue weighted by Crippen LogP contribution is -2.43. The van der Waals surface area contributed by atoms with Gasteiger partial charge in [-0.05, 0) is 48.5 Å². The summed E-state index contributed by atoms with van der Waals surface area (Å²) in [6, 6.07) is 0. The summed E-state index contributed by atoms with van der Waals surface area (Å²) in [6.07, 6.45) is 3.43. The highest BCUT2D eigenvalue weighted by atomic mass is 16.4. The molecular formula is C15H22O4. The summed E-state index contributed by atoms with van der Waals surface area (Å²) in [5, 5.41) is 29.6. The first-order valence-corrected chi connectivity index (χ1v) is 7.09. The summed E-state index contributed by atoms with van der Waals surface area (Å²) in [7, 11) is 0. The smallest absolute Gasteiger partial charge is 0.331 e. The van der Waals surface area contributed by atoms with Crippen molar-refractivity contribution in [1.82, 2.24) is 0 Å². The molecule has 4 nitrogen and oxygen atoms in total. The quantitative estimate of drug-likeness (QED) is 0.706. The van der Waals surface area contributed by atoms with Gasteiger partial charge >= 0.3 is 5.97 Å². The van der Waals surface area contributed by atoms with Crippen LogP contribution in [-0.2, 0) is 4.79 Å². The summed E-state index contributed by atoms with van der Waals surface area (Å²) >= 11 is 0. The van der Waals surface area contributed by atoms with Crippen molar-refractivity contribution in [3.63, 3.8) is 0 Å². The van der Waals surface area contributed by atoms with Gasteiger partial charge in [-0.1, -0.05) is 13.8 Å². The van der Waals surface area contributed by atoms with Crippen LogP contribution in [0.4, 0.5) is 0 Å². The molecule has 3 aliphatic carbocycles. The van der Waals surface area contributed by atoms with Gasteiger partial charge in [-0.2, -0.15) is 0 Å². The molecule has 2 fully saturated rings. The zero-order valence-corrected chi connectivity index (χ0v) is 11.5. The number of aliphatic carboxylic acids is 1. The monoisotopic (exact) mass is 266 g/mol. The van der Waals surface area contributed by atoms with Crippen LogP contribution in [0.1, 0.15) is 33.1 Å². The molecule has 0 amide bonds. The van der Waals surface area contributed by atoms with E-state index in [2.05, 4.69) is 13.8 Å². The number of rotatable bonds is 2. The zero-order chi connectivity index (χ0) is 14.0. The fourth-order valence-corrected chi connectivity index (χ4v) is 5.42. The predicted octanol–water partition coefficient (Wildman–Crippen LogP) is 1.42. The third-order valence-electron chi connectivity index (χ3n) is 6.30. The highest BCUT2D eigenvalue weighted by Crippen LogP contribution is 2.71. The molecule has 0 aliphatic heterocycles. The first-order chi connectivity index (χ1) is 8.85. The second-order valence-corrected chi connectivity index (χ2v) is 7.07. The van der Waals surface area contributed by atoms with E-state index >= 15 is 0 Å². The first kappa shape index (κ1) is 13.1. The largest absolute Gasteiger partial charge is 0.478 e. The van der Waals surface area contributed by atoms with Crippen LogP contribution < -0.4 is 0 Å². The normalized spacial score (nSPS) is 46.8. The molecule has 3 aliphatic rings. The lowest BCUT2D eigenvalue weighted by Gasteiger charge is -2.41. The number of hydrogen-bond donors (Lipinski definition) is 3. The van der Waals surface area contributed by atoms with Gasteiger partial charge < -0.3 is 15.3 Å². The molecule has 2 bridgehead atoms. The van der Waals surface area contributed by atoms with Crippen molar-refractivity contribution in [2.45, 2.75) is 39.2 Å². The van der Waals surface area contributed by atoms with E-state index in [1.54, 1.807) is 6.08 Å². The fraction of sp³-hybridized carbons (Fsp3) is 0.800. The number of carboxylic acid groups (broad SMARTS) is 1. The third kappa shape index (κ3) is 1.39. The minimum atomic E-state index is -0.910. The van der Waals surface area contributed by atoms with Crippen molar-refractivity contribution in [3.8, 4) is 0 Å². The molecule has 106 valence electrons. The SMILES string of the molecule is CC1(C)[C@H]2C[C@]3([C@@H](CO)CC[C@@H]13)[C@@H](O)C=C2C(=O)O. The van der Waals surface area contributed by atoms with E-state index in [1.807, 2.05) is 0 Å². The van der Waals surface area contributed by atoms with Gasteiger partial charge in [0.2, 0.25) is 0 Å². The molecule has 2 saturated carbocycles. The molecule has 0 heterocycles. The molecule has 1 spiro atoms. The van der Waals surface area contributed by atoms with Crippen molar-refractivity contribution in [2.75, 3.05) is 6.61 Å². The van der Waals surface area contributed by atoms with E-state index in [9.17, 15) is 20.1 Å². The van der Waals surface area contributed by atoms with E-state index in [0.717, 1.165) is 12.8 Å². The maximum atomic E-state index is 11.4. The van der Waals surface area contributed by atoms with Crippen LogP contribution in [0.2, 0.25) is 0 Å². The standard InChI is InChI=1S/C15H22O4/c1-14(2)10-6-15(8(7-16)3-4-11(14)15)12(17)5-9(10)13(18)19/h5,8,10-12,16-17H,3-4,6-7H2,1-2H3,(H,18,19)/t8-,10+,11+,12+,15-/m1/s1. The first-order valence-electron chi connectivity index (χ1n) is 7.09. The van der Waals surface area contributed by atoms with Gasteiger partial charge in [0.15, 0.2) is 0 Å².